The number of benzene rings is 1. The van der Waals surface area contributed by atoms with Gasteiger partial charge in [0.05, 0.1) is 19.2 Å². The Morgan fingerprint density at radius 3 is 2.90 bits per heavy atom. The van der Waals surface area contributed by atoms with Crippen molar-refractivity contribution < 1.29 is 14.1 Å². The molecule has 0 aliphatic heterocycles. The fourth-order valence-corrected chi connectivity index (χ4v) is 1.85. The number of methoxy groups -OCH3 is 1. The van der Waals surface area contributed by atoms with Gasteiger partial charge in [-0.2, -0.15) is 0 Å². The van der Waals surface area contributed by atoms with Gasteiger partial charge in [-0.15, -0.1) is 0 Å². The van der Waals surface area contributed by atoms with E-state index in [4.69, 9.17) is 9.26 Å². The molecule has 0 fully saturated rings. The molecule has 2 aromatic rings. The summed E-state index contributed by atoms with van der Waals surface area (Å²) in [7, 11) is 1.62. The fourth-order valence-electron chi connectivity index (χ4n) is 1.85. The van der Waals surface area contributed by atoms with Gasteiger partial charge in [0.2, 0.25) is 5.91 Å². The van der Waals surface area contributed by atoms with Crippen molar-refractivity contribution in [1.29, 1.82) is 0 Å². The summed E-state index contributed by atoms with van der Waals surface area (Å²) in [6, 6.07) is 9.30. The minimum absolute atomic E-state index is 0.0470. The number of nitrogens with zero attached hydrogens (tertiary/aromatic N) is 1. The largest absolute Gasteiger partial charge is 0.497 e. The van der Waals surface area contributed by atoms with Gasteiger partial charge >= 0.3 is 0 Å². The standard InChI is InChI=1S/C16H20N2O3/c1-11(2)10-17-16(19)9-13-8-15(21-18-13)12-5-4-6-14(7-12)20-3/h4-8,11H,9-10H2,1-3H3,(H,17,19). The minimum atomic E-state index is -0.0470. The Balaban J connectivity index is 2.02. The molecule has 1 amide bonds. The molecule has 1 aromatic heterocycles. The molecule has 0 radical (unpaired) electrons. The molecule has 0 atom stereocenters. The Morgan fingerprint density at radius 2 is 2.19 bits per heavy atom. The van der Waals surface area contributed by atoms with Crippen LogP contribution in [0.1, 0.15) is 19.5 Å². The van der Waals surface area contributed by atoms with E-state index in [0.717, 1.165) is 11.3 Å². The van der Waals surface area contributed by atoms with Gasteiger partial charge in [0, 0.05) is 18.2 Å². The average Bonchev–Trinajstić information content (AvgIpc) is 2.93. The van der Waals surface area contributed by atoms with E-state index in [-0.39, 0.29) is 12.3 Å². The van der Waals surface area contributed by atoms with Crippen LogP contribution in [0.3, 0.4) is 0 Å². The van der Waals surface area contributed by atoms with E-state index in [1.54, 1.807) is 13.2 Å². The van der Waals surface area contributed by atoms with Crippen LogP contribution in [-0.2, 0) is 11.2 Å². The van der Waals surface area contributed by atoms with Gasteiger partial charge in [0.25, 0.3) is 0 Å². The van der Waals surface area contributed by atoms with Crippen LogP contribution in [0.15, 0.2) is 34.9 Å². The van der Waals surface area contributed by atoms with Crippen molar-refractivity contribution >= 4 is 5.91 Å². The van der Waals surface area contributed by atoms with E-state index in [1.165, 1.54) is 0 Å². The van der Waals surface area contributed by atoms with Crippen molar-refractivity contribution in [3.05, 3.63) is 36.0 Å². The second kappa shape index (κ2) is 6.92. The first-order chi connectivity index (χ1) is 10.1. The van der Waals surface area contributed by atoms with Crippen molar-refractivity contribution in [2.24, 2.45) is 5.92 Å². The fraction of sp³-hybridized carbons (Fsp3) is 0.375. The number of rotatable bonds is 6. The van der Waals surface area contributed by atoms with Crippen molar-refractivity contribution in [2.75, 3.05) is 13.7 Å². The monoisotopic (exact) mass is 288 g/mol. The molecule has 0 unspecified atom stereocenters. The lowest BCUT2D eigenvalue weighted by atomic mass is 10.1. The predicted molar refractivity (Wildman–Crippen MR) is 80.0 cm³/mol. The quantitative estimate of drug-likeness (QED) is 0.887. The van der Waals surface area contributed by atoms with E-state index < -0.39 is 0 Å². The molecule has 5 nitrogen and oxygen atoms in total. The SMILES string of the molecule is COc1cccc(-c2cc(CC(=O)NCC(C)C)no2)c1. The average molecular weight is 288 g/mol. The summed E-state index contributed by atoms with van der Waals surface area (Å²) >= 11 is 0. The highest BCUT2D eigenvalue weighted by Gasteiger charge is 2.11. The molecular formula is C16H20N2O3. The van der Waals surface area contributed by atoms with Crippen molar-refractivity contribution in [2.45, 2.75) is 20.3 Å². The lowest BCUT2D eigenvalue weighted by Gasteiger charge is -2.05. The molecule has 0 spiro atoms. The first-order valence-electron chi connectivity index (χ1n) is 6.95. The Bertz CT molecular complexity index is 605. The summed E-state index contributed by atoms with van der Waals surface area (Å²) in [6.45, 7) is 4.77. The number of ether oxygens (including phenoxy) is 1. The molecule has 112 valence electrons. The van der Waals surface area contributed by atoms with Crippen molar-refractivity contribution in [1.82, 2.24) is 10.5 Å². The Labute approximate surface area is 124 Å². The Morgan fingerprint density at radius 1 is 1.38 bits per heavy atom. The van der Waals surface area contributed by atoms with Gasteiger partial charge in [-0.1, -0.05) is 31.1 Å². The third kappa shape index (κ3) is 4.34. The molecule has 1 N–H and O–H groups in total. The molecule has 2 rings (SSSR count). The zero-order valence-corrected chi connectivity index (χ0v) is 12.6. The van der Waals surface area contributed by atoms with E-state index in [1.807, 2.05) is 24.3 Å². The molecule has 0 aliphatic carbocycles. The summed E-state index contributed by atoms with van der Waals surface area (Å²) in [5.74, 6) is 1.76. The summed E-state index contributed by atoms with van der Waals surface area (Å²) in [5.41, 5.74) is 1.49. The smallest absolute Gasteiger partial charge is 0.226 e. The highest BCUT2D eigenvalue weighted by atomic mass is 16.5. The highest BCUT2D eigenvalue weighted by molar-refractivity contribution is 5.78. The van der Waals surface area contributed by atoms with E-state index in [9.17, 15) is 4.79 Å². The van der Waals surface area contributed by atoms with E-state index >= 15 is 0 Å². The first kappa shape index (κ1) is 15.1. The maximum Gasteiger partial charge on any atom is 0.226 e. The zero-order valence-electron chi connectivity index (χ0n) is 12.6. The molecule has 5 heteroatoms. The highest BCUT2D eigenvalue weighted by Crippen LogP contribution is 2.24. The van der Waals surface area contributed by atoms with E-state index in [2.05, 4.69) is 24.3 Å². The Hall–Kier alpha value is -2.30. The second-order valence-electron chi connectivity index (χ2n) is 5.29. The number of carbonyl (C=O) groups excluding carboxylic acids is 1. The summed E-state index contributed by atoms with van der Waals surface area (Å²) < 4.78 is 10.5. The molecule has 1 aromatic carbocycles. The third-order valence-corrected chi connectivity index (χ3v) is 2.96. The maximum atomic E-state index is 11.8. The molecule has 0 aliphatic rings. The van der Waals surface area contributed by atoms with Crippen LogP contribution >= 0.6 is 0 Å². The lowest BCUT2D eigenvalue weighted by molar-refractivity contribution is -0.120. The van der Waals surface area contributed by atoms with Crippen LogP contribution in [0.25, 0.3) is 11.3 Å². The topological polar surface area (TPSA) is 64.4 Å². The van der Waals surface area contributed by atoms with Crippen LogP contribution in [-0.4, -0.2) is 24.7 Å². The van der Waals surface area contributed by atoms with E-state index in [0.29, 0.717) is 23.9 Å². The second-order valence-corrected chi connectivity index (χ2v) is 5.29. The van der Waals surface area contributed by atoms with Crippen molar-refractivity contribution in [3.63, 3.8) is 0 Å². The minimum Gasteiger partial charge on any atom is -0.497 e. The van der Waals surface area contributed by atoms with Gasteiger partial charge in [-0.05, 0) is 18.1 Å². The van der Waals surface area contributed by atoms with Crippen LogP contribution < -0.4 is 10.1 Å². The third-order valence-electron chi connectivity index (χ3n) is 2.96. The lowest BCUT2D eigenvalue weighted by Crippen LogP contribution is -2.28. The first-order valence-corrected chi connectivity index (χ1v) is 6.95. The molecule has 1 heterocycles. The van der Waals surface area contributed by atoms with Gasteiger partial charge in [0.15, 0.2) is 5.76 Å². The summed E-state index contributed by atoms with van der Waals surface area (Å²) in [6.07, 6.45) is 0.222. The molecule has 21 heavy (non-hydrogen) atoms. The van der Waals surface area contributed by atoms with Gasteiger partial charge in [-0.25, -0.2) is 0 Å². The number of aromatic nitrogens is 1. The summed E-state index contributed by atoms with van der Waals surface area (Å²) in [5, 5.41) is 6.80. The number of hydrogen-bond acceptors (Lipinski definition) is 4. The number of amides is 1. The molecular weight excluding hydrogens is 268 g/mol. The van der Waals surface area contributed by atoms with Gasteiger partial charge in [0.1, 0.15) is 5.75 Å². The number of hydrogen-bond donors (Lipinski definition) is 1. The van der Waals surface area contributed by atoms with Crippen LogP contribution in [0.4, 0.5) is 0 Å². The molecule has 0 saturated carbocycles. The van der Waals surface area contributed by atoms with Crippen LogP contribution in [0, 0.1) is 5.92 Å². The molecule has 0 bridgehead atoms. The summed E-state index contributed by atoms with van der Waals surface area (Å²) in [4.78, 5) is 11.8. The predicted octanol–water partition coefficient (Wildman–Crippen LogP) is 2.66. The number of carbonyl (C=O) groups is 1. The Kier molecular flexibility index (Phi) is 4.98. The normalized spacial score (nSPS) is 10.7. The molecule has 0 saturated heterocycles. The zero-order chi connectivity index (χ0) is 15.2. The number of nitrogens with one attached hydrogen (secondary N) is 1. The van der Waals surface area contributed by atoms with Crippen LogP contribution in [0.5, 0.6) is 5.75 Å². The van der Waals surface area contributed by atoms with Crippen LogP contribution in [0.2, 0.25) is 0 Å². The van der Waals surface area contributed by atoms with Gasteiger partial charge in [-0.3, -0.25) is 4.79 Å². The maximum absolute atomic E-state index is 11.8. The van der Waals surface area contributed by atoms with Gasteiger partial charge < -0.3 is 14.6 Å². The van der Waals surface area contributed by atoms with Crippen molar-refractivity contribution in [3.8, 4) is 17.1 Å².